The van der Waals surface area contributed by atoms with Crippen LogP contribution in [0.15, 0.2) is 53.3 Å². The van der Waals surface area contributed by atoms with Crippen LogP contribution in [0.3, 0.4) is 0 Å². The minimum atomic E-state index is -0.381. The van der Waals surface area contributed by atoms with Crippen molar-refractivity contribution in [3.8, 4) is 0 Å². The highest BCUT2D eigenvalue weighted by atomic mass is 16.2. The van der Waals surface area contributed by atoms with Crippen LogP contribution < -0.4 is 11.0 Å². The molecular weight excluding hydrogens is 326 g/mol. The van der Waals surface area contributed by atoms with Gasteiger partial charge in [0.05, 0.1) is 16.8 Å². The van der Waals surface area contributed by atoms with Crippen molar-refractivity contribution in [2.24, 2.45) is 0 Å². The summed E-state index contributed by atoms with van der Waals surface area (Å²) < 4.78 is 1.29. The fourth-order valence-corrected chi connectivity index (χ4v) is 2.86. The van der Waals surface area contributed by atoms with Crippen molar-refractivity contribution in [2.45, 2.75) is 39.5 Å². The molecule has 0 saturated heterocycles. The third-order valence-electron chi connectivity index (χ3n) is 4.51. The molecule has 0 bridgehead atoms. The van der Waals surface area contributed by atoms with Crippen LogP contribution in [0.5, 0.6) is 0 Å². The number of nitrogens with one attached hydrogen (secondary N) is 1. The van der Waals surface area contributed by atoms with Gasteiger partial charge in [0.1, 0.15) is 5.82 Å². The van der Waals surface area contributed by atoms with Crippen LogP contribution in [0.4, 0.5) is 0 Å². The number of benzene rings is 2. The van der Waals surface area contributed by atoms with Crippen LogP contribution in [0.25, 0.3) is 10.9 Å². The maximum atomic E-state index is 12.9. The molecule has 1 atom stereocenters. The Morgan fingerprint density at radius 2 is 1.69 bits per heavy atom. The summed E-state index contributed by atoms with van der Waals surface area (Å²) in [4.78, 5) is 30.2. The summed E-state index contributed by atoms with van der Waals surface area (Å²) in [5.41, 5.74) is 5.19. The zero-order valence-corrected chi connectivity index (χ0v) is 15.5. The molecule has 0 aliphatic heterocycles. The molecular formula is C21H23N3O2. The molecule has 26 heavy (non-hydrogen) atoms. The smallest absolute Gasteiger partial charge is 0.273 e. The van der Waals surface area contributed by atoms with Gasteiger partial charge in [-0.15, -0.1) is 0 Å². The number of aryl methyl sites for hydroxylation is 1. The van der Waals surface area contributed by atoms with Crippen molar-refractivity contribution < 1.29 is 4.79 Å². The number of rotatable bonds is 4. The van der Waals surface area contributed by atoms with Gasteiger partial charge in [0.2, 0.25) is 5.91 Å². The molecule has 3 rings (SSSR count). The summed E-state index contributed by atoms with van der Waals surface area (Å²) in [6.07, 6.45) is 0. The second-order valence-electron chi connectivity index (χ2n) is 6.89. The highest BCUT2D eigenvalue weighted by Crippen LogP contribution is 2.18. The van der Waals surface area contributed by atoms with Crippen molar-refractivity contribution >= 4 is 16.8 Å². The van der Waals surface area contributed by atoms with E-state index in [2.05, 4.69) is 10.4 Å². The Balaban J connectivity index is 2.00. The second-order valence-corrected chi connectivity index (χ2v) is 6.89. The first-order valence-electron chi connectivity index (χ1n) is 8.77. The van der Waals surface area contributed by atoms with E-state index in [0.29, 0.717) is 16.7 Å². The highest BCUT2D eigenvalue weighted by molar-refractivity contribution is 5.90. The van der Waals surface area contributed by atoms with E-state index < -0.39 is 0 Å². The average Bonchev–Trinajstić information content (AvgIpc) is 2.63. The molecule has 0 aliphatic rings. The fourth-order valence-electron chi connectivity index (χ4n) is 2.86. The highest BCUT2D eigenvalue weighted by Gasteiger charge is 2.20. The predicted molar refractivity (Wildman–Crippen MR) is 104 cm³/mol. The van der Waals surface area contributed by atoms with E-state index in [0.717, 1.165) is 11.1 Å². The van der Waals surface area contributed by atoms with Crippen LogP contribution in [0.1, 0.15) is 49.6 Å². The lowest BCUT2D eigenvalue weighted by Gasteiger charge is -2.19. The summed E-state index contributed by atoms with van der Waals surface area (Å²) in [7, 11) is 0. The van der Waals surface area contributed by atoms with E-state index in [-0.39, 0.29) is 23.3 Å². The molecule has 0 aliphatic carbocycles. The molecule has 1 aromatic heterocycles. The largest absolute Gasteiger partial charge is 0.280 e. The number of nitrogens with zero attached hydrogens (tertiary/aromatic N) is 2. The number of hydrogen-bond donors (Lipinski definition) is 1. The molecule has 3 aromatic rings. The van der Waals surface area contributed by atoms with Gasteiger partial charge in [-0.2, -0.15) is 0 Å². The van der Waals surface area contributed by atoms with E-state index in [4.69, 9.17) is 0 Å². The predicted octanol–water partition coefficient (Wildman–Crippen LogP) is 3.70. The zero-order valence-electron chi connectivity index (χ0n) is 15.5. The normalized spacial score (nSPS) is 12.3. The van der Waals surface area contributed by atoms with Crippen molar-refractivity contribution in [3.05, 3.63) is 75.8 Å². The second kappa shape index (κ2) is 7.12. The minimum absolute atomic E-state index is 0.0118. The molecule has 5 nitrogen and oxygen atoms in total. The van der Waals surface area contributed by atoms with Crippen LogP contribution in [-0.4, -0.2) is 15.6 Å². The van der Waals surface area contributed by atoms with Gasteiger partial charge in [-0.1, -0.05) is 55.8 Å². The van der Waals surface area contributed by atoms with Crippen molar-refractivity contribution in [2.75, 3.05) is 5.43 Å². The topological polar surface area (TPSA) is 64.0 Å². The fraction of sp³-hybridized carbons (Fsp3) is 0.286. The van der Waals surface area contributed by atoms with Gasteiger partial charge in [0, 0.05) is 5.92 Å². The average molecular weight is 349 g/mol. The summed E-state index contributed by atoms with van der Waals surface area (Å²) in [5.74, 6) is -0.0932. The van der Waals surface area contributed by atoms with Crippen LogP contribution >= 0.6 is 0 Å². The molecule has 1 N–H and O–H groups in total. The molecule has 0 fully saturated rings. The van der Waals surface area contributed by atoms with Crippen LogP contribution in [0.2, 0.25) is 0 Å². The van der Waals surface area contributed by atoms with E-state index in [1.165, 1.54) is 4.68 Å². The number of amides is 1. The van der Waals surface area contributed by atoms with Gasteiger partial charge < -0.3 is 0 Å². The van der Waals surface area contributed by atoms with Gasteiger partial charge in [-0.3, -0.25) is 15.0 Å². The number of hydrogen-bond acceptors (Lipinski definition) is 3. The summed E-state index contributed by atoms with van der Waals surface area (Å²) in [6.45, 7) is 7.73. The third kappa shape index (κ3) is 3.38. The first-order valence-corrected chi connectivity index (χ1v) is 8.77. The molecule has 5 heteroatoms. The van der Waals surface area contributed by atoms with Gasteiger partial charge in [-0.05, 0) is 31.5 Å². The molecule has 134 valence electrons. The van der Waals surface area contributed by atoms with Crippen molar-refractivity contribution in [1.82, 2.24) is 9.66 Å². The van der Waals surface area contributed by atoms with E-state index in [1.807, 2.05) is 64.1 Å². The van der Waals surface area contributed by atoms with Gasteiger partial charge >= 0.3 is 0 Å². The van der Waals surface area contributed by atoms with Crippen molar-refractivity contribution in [1.29, 1.82) is 0 Å². The van der Waals surface area contributed by atoms with Crippen LogP contribution in [0, 0.1) is 6.92 Å². The van der Waals surface area contributed by atoms with E-state index >= 15 is 0 Å². The molecule has 1 heterocycles. The van der Waals surface area contributed by atoms with Crippen molar-refractivity contribution in [3.63, 3.8) is 0 Å². The lowest BCUT2D eigenvalue weighted by Crippen LogP contribution is -2.38. The molecule has 0 saturated carbocycles. The molecule has 1 amide bonds. The van der Waals surface area contributed by atoms with Gasteiger partial charge in [-0.25, -0.2) is 9.66 Å². The SMILES string of the molecule is Cc1ccc(C(C)C(=O)Nn2c(C(C)C)nc3ccccc3c2=O)cc1. The summed E-state index contributed by atoms with van der Waals surface area (Å²) in [5, 5.41) is 0.486. The van der Waals surface area contributed by atoms with Gasteiger partial charge in [0.15, 0.2) is 0 Å². The Labute approximate surface area is 152 Å². The van der Waals surface area contributed by atoms with Gasteiger partial charge in [0.25, 0.3) is 5.56 Å². The number of fused-ring (bicyclic) bond motifs is 1. The maximum absolute atomic E-state index is 12.9. The lowest BCUT2D eigenvalue weighted by molar-refractivity contribution is -0.118. The minimum Gasteiger partial charge on any atom is -0.273 e. The first kappa shape index (κ1) is 17.9. The number of carbonyl (C=O) groups is 1. The van der Waals surface area contributed by atoms with Crippen LogP contribution in [-0.2, 0) is 4.79 Å². The molecule has 0 spiro atoms. The Kier molecular flexibility index (Phi) is 4.89. The third-order valence-corrected chi connectivity index (χ3v) is 4.51. The van der Waals surface area contributed by atoms with E-state index in [1.54, 1.807) is 12.1 Å². The zero-order chi connectivity index (χ0) is 18.8. The number of carbonyl (C=O) groups excluding carboxylic acids is 1. The monoisotopic (exact) mass is 349 g/mol. The maximum Gasteiger partial charge on any atom is 0.280 e. The Morgan fingerprint density at radius 1 is 1.04 bits per heavy atom. The Bertz CT molecular complexity index is 1000. The summed E-state index contributed by atoms with van der Waals surface area (Å²) >= 11 is 0. The molecule has 2 aromatic carbocycles. The Morgan fingerprint density at radius 3 is 2.35 bits per heavy atom. The quantitative estimate of drug-likeness (QED) is 0.781. The van der Waals surface area contributed by atoms with E-state index in [9.17, 15) is 9.59 Å². The molecule has 0 radical (unpaired) electrons. The Hall–Kier alpha value is -2.95. The standard InChI is InChI=1S/C21H23N3O2/c1-13(2)19-22-18-8-6-5-7-17(18)21(26)24(19)23-20(25)15(4)16-11-9-14(3)10-12-16/h5-13,15H,1-4H3,(H,23,25). The summed E-state index contributed by atoms with van der Waals surface area (Å²) in [6, 6.07) is 15.0. The lowest BCUT2D eigenvalue weighted by atomic mass is 9.99. The molecule has 1 unspecified atom stereocenters. The first-order chi connectivity index (χ1) is 12.4. The number of aromatic nitrogens is 2. The number of para-hydroxylation sites is 1.